The summed E-state index contributed by atoms with van der Waals surface area (Å²) in [6, 6.07) is 16.1. The van der Waals surface area contributed by atoms with Crippen LogP contribution in [0.15, 0.2) is 48.7 Å². The summed E-state index contributed by atoms with van der Waals surface area (Å²) in [5, 5.41) is 7.62. The molecular formula is C26H33N3. The minimum Gasteiger partial charge on any atom is -0.340 e. The fourth-order valence-electron chi connectivity index (χ4n) is 5.69. The van der Waals surface area contributed by atoms with Gasteiger partial charge in [-0.15, -0.1) is 0 Å². The molecule has 152 valence electrons. The Kier molecular flexibility index (Phi) is 5.02. The highest BCUT2D eigenvalue weighted by Crippen LogP contribution is 2.55. The Labute approximate surface area is 175 Å². The van der Waals surface area contributed by atoms with E-state index in [1.54, 1.807) is 0 Å². The summed E-state index contributed by atoms with van der Waals surface area (Å²) < 4.78 is 0. The molecule has 4 rings (SSSR count). The van der Waals surface area contributed by atoms with Gasteiger partial charge in [-0.3, -0.25) is 5.10 Å². The molecule has 3 nitrogen and oxygen atoms in total. The lowest BCUT2D eigenvalue weighted by molar-refractivity contribution is 0.309. The first kappa shape index (κ1) is 19.8. The number of benzene rings is 2. The minimum absolute atomic E-state index is 0.108. The van der Waals surface area contributed by atoms with Gasteiger partial charge in [0.15, 0.2) is 0 Å². The predicted octanol–water partition coefficient (Wildman–Crippen LogP) is 6.72. The van der Waals surface area contributed by atoms with E-state index in [-0.39, 0.29) is 11.6 Å². The second-order valence-electron chi connectivity index (χ2n) is 8.80. The highest BCUT2D eigenvalue weighted by molar-refractivity contribution is 5.58. The van der Waals surface area contributed by atoms with E-state index in [1.807, 2.05) is 6.20 Å². The number of hydrogen-bond acceptors (Lipinski definition) is 2. The van der Waals surface area contributed by atoms with Gasteiger partial charge in [-0.2, -0.15) is 5.10 Å². The molecular weight excluding hydrogens is 354 g/mol. The van der Waals surface area contributed by atoms with E-state index < -0.39 is 0 Å². The lowest BCUT2D eigenvalue weighted by Crippen LogP contribution is -2.52. The van der Waals surface area contributed by atoms with Gasteiger partial charge in [0.05, 0.1) is 17.8 Å². The molecule has 1 aliphatic rings. The van der Waals surface area contributed by atoms with Crippen molar-refractivity contribution in [2.45, 2.75) is 71.9 Å². The van der Waals surface area contributed by atoms with Gasteiger partial charge in [-0.25, -0.2) is 0 Å². The molecule has 0 bridgehead atoms. The Morgan fingerprint density at radius 1 is 1.03 bits per heavy atom. The number of H-pyrrole nitrogens is 1. The molecule has 0 spiro atoms. The normalized spacial score (nSPS) is 23.9. The Balaban J connectivity index is 2.06. The lowest BCUT2D eigenvalue weighted by atomic mass is 9.69. The number of aryl methyl sites for hydroxylation is 3. The summed E-state index contributed by atoms with van der Waals surface area (Å²) in [6.45, 7) is 13.8. The van der Waals surface area contributed by atoms with Crippen LogP contribution < -0.4 is 4.90 Å². The van der Waals surface area contributed by atoms with E-state index in [0.717, 1.165) is 18.7 Å². The maximum absolute atomic E-state index is 4.32. The number of fused-ring (bicyclic) bond motifs is 1. The monoisotopic (exact) mass is 387 g/mol. The van der Waals surface area contributed by atoms with Crippen LogP contribution in [0.5, 0.6) is 0 Å². The molecule has 0 fully saturated rings. The van der Waals surface area contributed by atoms with Crippen LogP contribution in [0.1, 0.15) is 79.0 Å². The van der Waals surface area contributed by atoms with Crippen molar-refractivity contribution in [1.29, 1.82) is 0 Å². The highest BCUT2D eigenvalue weighted by Gasteiger charge is 2.48. The zero-order valence-electron chi connectivity index (χ0n) is 18.6. The van der Waals surface area contributed by atoms with Gasteiger partial charge < -0.3 is 4.90 Å². The average molecular weight is 388 g/mol. The lowest BCUT2D eigenvalue weighted by Gasteiger charge is -2.55. The van der Waals surface area contributed by atoms with Crippen molar-refractivity contribution in [2.75, 3.05) is 4.90 Å². The summed E-state index contributed by atoms with van der Waals surface area (Å²) in [6.07, 6.45) is 4.00. The average Bonchev–Trinajstić information content (AvgIpc) is 3.22. The highest BCUT2D eigenvalue weighted by atomic mass is 15.3. The largest absolute Gasteiger partial charge is 0.340 e. The quantitative estimate of drug-likeness (QED) is 0.539. The van der Waals surface area contributed by atoms with Crippen molar-refractivity contribution in [3.05, 3.63) is 82.0 Å². The fraction of sp³-hybridized carbons (Fsp3) is 0.423. The van der Waals surface area contributed by atoms with Gasteiger partial charge in [-0.1, -0.05) is 55.8 Å². The van der Waals surface area contributed by atoms with Crippen LogP contribution in [0.25, 0.3) is 0 Å². The van der Waals surface area contributed by atoms with Crippen LogP contribution in [0.2, 0.25) is 0 Å². The molecule has 1 aromatic heterocycles. The molecule has 0 amide bonds. The first-order valence-corrected chi connectivity index (χ1v) is 10.9. The molecule has 3 aromatic rings. The van der Waals surface area contributed by atoms with Crippen LogP contribution in [0.4, 0.5) is 5.82 Å². The molecule has 29 heavy (non-hydrogen) atoms. The fourth-order valence-corrected chi connectivity index (χ4v) is 5.69. The van der Waals surface area contributed by atoms with Gasteiger partial charge in [0.2, 0.25) is 0 Å². The molecule has 2 heterocycles. The zero-order chi connectivity index (χ0) is 20.8. The molecule has 1 N–H and O–H groups in total. The van der Waals surface area contributed by atoms with Crippen LogP contribution >= 0.6 is 0 Å². The van der Waals surface area contributed by atoms with E-state index in [9.17, 15) is 0 Å². The van der Waals surface area contributed by atoms with E-state index in [4.69, 9.17) is 0 Å². The Morgan fingerprint density at radius 2 is 1.72 bits per heavy atom. The third-order valence-corrected chi connectivity index (χ3v) is 7.04. The second-order valence-corrected chi connectivity index (χ2v) is 8.80. The number of aromatic amines is 1. The molecule has 0 saturated heterocycles. The molecule has 3 heteroatoms. The Morgan fingerprint density at radius 3 is 2.31 bits per heavy atom. The smallest absolute Gasteiger partial charge is 0.125 e. The number of nitrogens with one attached hydrogen (secondary N) is 1. The molecule has 0 aliphatic carbocycles. The Hall–Kier alpha value is -2.55. The Bertz CT molecular complexity index is 982. The maximum atomic E-state index is 4.32. The first-order chi connectivity index (χ1) is 13.9. The summed E-state index contributed by atoms with van der Waals surface area (Å²) in [5.74, 6) is 1.53. The van der Waals surface area contributed by atoms with E-state index in [2.05, 4.69) is 99.1 Å². The van der Waals surface area contributed by atoms with Crippen LogP contribution in [-0.2, 0) is 5.54 Å². The van der Waals surface area contributed by atoms with Crippen molar-refractivity contribution in [3.8, 4) is 0 Å². The standard InChI is InChI=1S/C26H33N3/c1-7-20-21-11-9-10-12-22(21)26(6,8-2)29(23-13-14-27-28-23)25(20)24-18(4)15-17(3)16-19(24)5/h9-16,20,25H,7-8H2,1-6H3,(H,27,28). The third kappa shape index (κ3) is 2.99. The van der Waals surface area contributed by atoms with Crippen molar-refractivity contribution in [3.63, 3.8) is 0 Å². The molecule has 2 aromatic carbocycles. The second kappa shape index (κ2) is 7.37. The number of rotatable bonds is 4. The first-order valence-electron chi connectivity index (χ1n) is 10.9. The van der Waals surface area contributed by atoms with Crippen molar-refractivity contribution < 1.29 is 0 Å². The third-order valence-electron chi connectivity index (χ3n) is 7.04. The van der Waals surface area contributed by atoms with Gasteiger partial charge in [0.25, 0.3) is 0 Å². The van der Waals surface area contributed by atoms with E-state index >= 15 is 0 Å². The van der Waals surface area contributed by atoms with Gasteiger partial charge in [0, 0.05) is 12.0 Å². The van der Waals surface area contributed by atoms with Crippen LogP contribution in [0.3, 0.4) is 0 Å². The number of anilines is 1. The molecule has 1 aliphatic heterocycles. The molecule has 0 saturated carbocycles. The number of nitrogens with zero attached hydrogens (tertiary/aromatic N) is 2. The molecule has 3 unspecified atom stereocenters. The summed E-state index contributed by atoms with van der Waals surface area (Å²) >= 11 is 0. The van der Waals surface area contributed by atoms with Crippen molar-refractivity contribution >= 4 is 5.82 Å². The summed E-state index contributed by atoms with van der Waals surface area (Å²) in [7, 11) is 0. The van der Waals surface area contributed by atoms with E-state index in [0.29, 0.717) is 5.92 Å². The zero-order valence-corrected chi connectivity index (χ0v) is 18.6. The number of aromatic nitrogens is 2. The van der Waals surface area contributed by atoms with Crippen LogP contribution in [0, 0.1) is 20.8 Å². The SMILES string of the molecule is CCC1c2ccccc2C(C)(CC)N(c2ccn[nH]2)C1c1c(C)cc(C)cc1C. The predicted molar refractivity (Wildman–Crippen MR) is 122 cm³/mol. The van der Waals surface area contributed by atoms with E-state index in [1.165, 1.54) is 33.4 Å². The van der Waals surface area contributed by atoms with Gasteiger partial charge >= 0.3 is 0 Å². The van der Waals surface area contributed by atoms with Crippen molar-refractivity contribution in [2.24, 2.45) is 0 Å². The number of hydrogen-bond donors (Lipinski definition) is 1. The molecule has 0 radical (unpaired) electrons. The minimum atomic E-state index is -0.108. The molecule has 3 atom stereocenters. The summed E-state index contributed by atoms with van der Waals surface area (Å²) in [4.78, 5) is 2.63. The summed E-state index contributed by atoms with van der Waals surface area (Å²) in [5.41, 5.74) is 8.40. The maximum Gasteiger partial charge on any atom is 0.125 e. The van der Waals surface area contributed by atoms with Gasteiger partial charge in [0.1, 0.15) is 5.82 Å². The van der Waals surface area contributed by atoms with Crippen molar-refractivity contribution in [1.82, 2.24) is 10.2 Å². The van der Waals surface area contributed by atoms with Gasteiger partial charge in [-0.05, 0) is 68.4 Å². The van der Waals surface area contributed by atoms with Crippen LogP contribution in [-0.4, -0.2) is 10.2 Å². The topological polar surface area (TPSA) is 31.9 Å².